The van der Waals surface area contributed by atoms with Crippen LogP contribution in [0.1, 0.15) is 5.56 Å². The van der Waals surface area contributed by atoms with Gasteiger partial charge in [-0.3, -0.25) is 0 Å². The highest BCUT2D eigenvalue weighted by atomic mass is 19.1. The van der Waals surface area contributed by atoms with Gasteiger partial charge in [-0.1, -0.05) is 30.3 Å². The minimum atomic E-state index is -0.470. The van der Waals surface area contributed by atoms with Gasteiger partial charge in [0, 0.05) is 0 Å². The van der Waals surface area contributed by atoms with Gasteiger partial charge in [0.25, 0.3) is 0 Å². The summed E-state index contributed by atoms with van der Waals surface area (Å²) >= 11 is 0. The monoisotopic (exact) mass is 506 g/mol. The van der Waals surface area contributed by atoms with Gasteiger partial charge in [-0.2, -0.15) is 0 Å². The first-order chi connectivity index (χ1) is 17.4. The molecule has 0 saturated heterocycles. The normalized spacial score (nSPS) is 11.3. The van der Waals surface area contributed by atoms with Crippen LogP contribution < -0.4 is 0 Å². The van der Waals surface area contributed by atoms with Crippen LogP contribution in [-0.2, 0) is 49.2 Å². The Bertz CT molecular complexity index is 525. The summed E-state index contributed by atoms with van der Waals surface area (Å²) in [4.78, 5) is 0. The zero-order valence-electron chi connectivity index (χ0n) is 20.9. The van der Waals surface area contributed by atoms with E-state index in [-0.39, 0.29) is 6.61 Å². The SMILES string of the molecule is FCCOCCOCCOCCOCCOCCOCCOCCOCCOCc1ccccc1. The fourth-order valence-corrected chi connectivity index (χ4v) is 2.58. The summed E-state index contributed by atoms with van der Waals surface area (Å²) in [5, 5.41) is 0. The van der Waals surface area contributed by atoms with Crippen LogP contribution in [-0.4, -0.2) is 119 Å². The smallest absolute Gasteiger partial charge is 0.113 e. The second kappa shape index (κ2) is 27.4. The van der Waals surface area contributed by atoms with Gasteiger partial charge in [-0.05, 0) is 5.56 Å². The number of hydrogen-bond donors (Lipinski definition) is 0. The molecule has 0 fully saturated rings. The molecule has 1 aromatic rings. The Kier molecular flexibility index (Phi) is 24.9. The first-order valence-electron chi connectivity index (χ1n) is 12.2. The van der Waals surface area contributed by atoms with Crippen molar-refractivity contribution in [2.75, 3.05) is 119 Å². The summed E-state index contributed by atoms with van der Waals surface area (Å²) in [6.45, 7) is 8.32. The predicted octanol–water partition coefficient (Wildman–Crippen LogP) is 2.31. The highest BCUT2D eigenvalue weighted by molar-refractivity contribution is 5.13. The molecule has 0 spiro atoms. The molecule has 35 heavy (non-hydrogen) atoms. The van der Waals surface area contributed by atoms with Crippen molar-refractivity contribution in [3.05, 3.63) is 35.9 Å². The van der Waals surface area contributed by atoms with E-state index in [2.05, 4.69) is 0 Å². The molecule has 0 N–H and O–H groups in total. The number of benzene rings is 1. The molecule has 9 nitrogen and oxygen atoms in total. The fraction of sp³-hybridized carbons (Fsp3) is 0.760. The first-order valence-corrected chi connectivity index (χ1v) is 12.2. The van der Waals surface area contributed by atoms with Crippen LogP contribution in [0, 0.1) is 0 Å². The lowest BCUT2D eigenvalue weighted by atomic mass is 10.2. The van der Waals surface area contributed by atoms with Gasteiger partial charge in [0.2, 0.25) is 0 Å². The fourth-order valence-electron chi connectivity index (χ4n) is 2.58. The molecule has 0 bridgehead atoms. The minimum Gasteiger partial charge on any atom is -0.377 e. The first kappa shape index (κ1) is 31.8. The molecule has 0 aliphatic heterocycles. The number of hydrogen-bond acceptors (Lipinski definition) is 9. The van der Waals surface area contributed by atoms with E-state index in [1.54, 1.807) is 0 Å². The van der Waals surface area contributed by atoms with E-state index in [1.165, 1.54) is 0 Å². The van der Waals surface area contributed by atoms with Crippen molar-refractivity contribution >= 4 is 0 Å². The molecule has 1 rings (SSSR count). The third kappa shape index (κ3) is 24.3. The van der Waals surface area contributed by atoms with E-state index in [9.17, 15) is 4.39 Å². The van der Waals surface area contributed by atoms with Crippen molar-refractivity contribution in [3.63, 3.8) is 0 Å². The number of rotatable bonds is 28. The Morgan fingerprint density at radius 2 is 0.657 bits per heavy atom. The maximum atomic E-state index is 11.8. The third-order valence-corrected chi connectivity index (χ3v) is 4.31. The van der Waals surface area contributed by atoms with E-state index in [0.717, 1.165) is 5.56 Å². The predicted molar refractivity (Wildman–Crippen MR) is 129 cm³/mol. The minimum absolute atomic E-state index is 0.118. The Balaban J connectivity index is 1.63. The highest BCUT2D eigenvalue weighted by Gasteiger charge is 1.96. The lowest BCUT2D eigenvalue weighted by Gasteiger charge is -2.09. The molecule has 1 aromatic carbocycles. The van der Waals surface area contributed by atoms with Gasteiger partial charge in [0.1, 0.15) is 6.67 Å². The van der Waals surface area contributed by atoms with Crippen molar-refractivity contribution in [2.45, 2.75) is 6.61 Å². The van der Waals surface area contributed by atoms with Gasteiger partial charge in [-0.15, -0.1) is 0 Å². The average Bonchev–Trinajstić information content (AvgIpc) is 2.89. The largest absolute Gasteiger partial charge is 0.377 e. The van der Waals surface area contributed by atoms with Crippen molar-refractivity contribution < 1.29 is 47.0 Å². The van der Waals surface area contributed by atoms with Crippen LogP contribution in [0.25, 0.3) is 0 Å². The molecule has 0 aliphatic rings. The molecule has 0 amide bonds. The third-order valence-electron chi connectivity index (χ3n) is 4.31. The van der Waals surface area contributed by atoms with Crippen LogP contribution in [0.3, 0.4) is 0 Å². The lowest BCUT2D eigenvalue weighted by Crippen LogP contribution is -2.15. The van der Waals surface area contributed by atoms with Gasteiger partial charge in [0.05, 0.1) is 119 Å². The number of ether oxygens (including phenoxy) is 9. The molecule has 0 aromatic heterocycles. The molecule has 0 heterocycles. The van der Waals surface area contributed by atoms with Gasteiger partial charge < -0.3 is 42.6 Å². The van der Waals surface area contributed by atoms with Gasteiger partial charge in [-0.25, -0.2) is 4.39 Å². The summed E-state index contributed by atoms with van der Waals surface area (Å²) in [6, 6.07) is 10.1. The quantitative estimate of drug-likeness (QED) is 0.159. The van der Waals surface area contributed by atoms with Crippen LogP contribution >= 0.6 is 0 Å². The van der Waals surface area contributed by atoms with Gasteiger partial charge in [0.15, 0.2) is 0 Å². The van der Waals surface area contributed by atoms with E-state index in [1.807, 2.05) is 30.3 Å². The number of alkyl halides is 1. The van der Waals surface area contributed by atoms with E-state index in [4.69, 9.17) is 42.6 Å². The van der Waals surface area contributed by atoms with Crippen LogP contribution in [0.15, 0.2) is 30.3 Å². The maximum Gasteiger partial charge on any atom is 0.113 e. The molecule has 0 saturated carbocycles. The Morgan fingerprint density at radius 1 is 0.371 bits per heavy atom. The molecule has 204 valence electrons. The van der Waals surface area contributed by atoms with E-state index in [0.29, 0.717) is 112 Å². The molecule has 0 radical (unpaired) electrons. The second-order valence-electron chi connectivity index (χ2n) is 7.13. The summed E-state index contributed by atoms with van der Waals surface area (Å²) in [6.07, 6.45) is 0. The van der Waals surface area contributed by atoms with Crippen molar-refractivity contribution in [1.29, 1.82) is 0 Å². The van der Waals surface area contributed by atoms with Crippen molar-refractivity contribution in [3.8, 4) is 0 Å². The second-order valence-corrected chi connectivity index (χ2v) is 7.13. The molecule has 10 heteroatoms. The van der Waals surface area contributed by atoms with Crippen LogP contribution in [0.4, 0.5) is 4.39 Å². The van der Waals surface area contributed by atoms with Crippen LogP contribution in [0.5, 0.6) is 0 Å². The summed E-state index contributed by atoms with van der Waals surface area (Å²) in [5.41, 5.74) is 1.16. The molecule has 0 atom stereocenters. The molecular formula is C25H43FO9. The lowest BCUT2D eigenvalue weighted by molar-refractivity contribution is -0.0255. The maximum absolute atomic E-state index is 11.8. The highest BCUT2D eigenvalue weighted by Crippen LogP contribution is 2.00. The molecule has 0 unspecified atom stereocenters. The number of halogens is 1. The zero-order chi connectivity index (χ0) is 24.9. The summed E-state index contributed by atoms with van der Waals surface area (Å²) < 4.78 is 60.1. The van der Waals surface area contributed by atoms with Gasteiger partial charge >= 0.3 is 0 Å². The van der Waals surface area contributed by atoms with E-state index < -0.39 is 6.67 Å². The topological polar surface area (TPSA) is 83.1 Å². The Labute approximate surface area is 209 Å². The standard InChI is InChI=1S/C25H43FO9/c26-6-7-27-8-9-28-10-11-29-12-13-30-14-15-31-16-17-32-18-19-33-20-21-34-22-23-35-24-25-4-2-1-3-5-25/h1-5H,6-24H2. The average molecular weight is 507 g/mol. The van der Waals surface area contributed by atoms with Crippen molar-refractivity contribution in [1.82, 2.24) is 0 Å². The summed E-state index contributed by atoms with van der Waals surface area (Å²) in [5.74, 6) is 0. The zero-order valence-corrected chi connectivity index (χ0v) is 20.9. The summed E-state index contributed by atoms with van der Waals surface area (Å²) in [7, 11) is 0. The van der Waals surface area contributed by atoms with Crippen LogP contribution in [0.2, 0.25) is 0 Å². The van der Waals surface area contributed by atoms with E-state index >= 15 is 0 Å². The Hall–Kier alpha value is -1.21. The molecule has 0 aliphatic carbocycles. The molecular weight excluding hydrogens is 463 g/mol. The van der Waals surface area contributed by atoms with Crippen molar-refractivity contribution in [2.24, 2.45) is 0 Å². The Morgan fingerprint density at radius 3 is 0.971 bits per heavy atom.